The van der Waals surface area contributed by atoms with Crippen LogP contribution in [0.3, 0.4) is 0 Å². The summed E-state index contributed by atoms with van der Waals surface area (Å²) in [6.45, 7) is 6.31. The van der Waals surface area contributed by atoms with Crippen molar-refractivity contribution in [2.45, 2.75) is 26.8 Å². The third kappa shape index (κ3) is 3.31. The van der Waals surface area contributed by atoms with Gasteiger partial charge in [0.25, 0.3) is 5.91 Å². The van der Waals surface area contributed by atoms with Crippen molar-refractivity contribution in [3.8, 4) is 0 Å². The second-order valence-electron chi connectivity index (χ2n) is 4.32. The van der Waals surface area contributed by atoms with Crippen LogP contribution in [-0.2, 0) is 0 Å². The average molecular weight is 275 g/mol. The van der Waals surface area contributed by atoms with Crippen molar-refractivity contribution in [3.05, 3.63) is 35.9 Å². The van der Waals surface area contributed by atoms with Crippen molar-refractivity contribution in [2.24, 2.45) is 0 Å². The second kappa shape index (κ2) is 6.14. The molecule has 0 bridgehead atoms. The molecule has 0 radical (unpaired) electrons. The number of amides is 1. The molecule has 2 heterocycles. The molecule has 2 aromatic heterocycles. The van der Waals surface area contributed by atoms with E-state index in [-0.39, 0.29) is 17.6 Å². The number of carbonyl (C=O) groups excluding carboxylic acids is 1. The van der Waals surface area contributed by atoms with E-state index in [0.717, 1.165) is 6.54 Å². The van der Waals surface area contributed by atoms with Gasteiger partial charge in [0.1, 0.15) is 23.3 Å². The molecule has 1 amide bonds. The SMILES string of the molecule is CCNc1cnc(C(=O)NC(C)c2ncc(C)o2)cn1. The molecule has 0 spiro atoms. The monoisotopic (exact) mass is 275 g/mol. The highest BCUT2D eigenvalue weighted by Crippen LogP contribution is 2.12. The highest BCUT2D eigenvalue weighted by molar-refractivity contribution is 5.92. The van der Waals surface area contributed by atoms with Gasteiger partial charge in [-0.25, -0.2) is 15.0 Å². The zero-order valence-electron chi connectivity index (χ0n) is 11.7. The largest absolute Gasteiger partial charge is 0.444 e. The summed E-state index contributed by atoms with van der Waals surface area (Å²) in [4.78, 5) is 24.2. The van der Waals surface area contributed by atoms with Crippen molar-refractivity contribution in [1.82, 2.24) is 20.3 Å². The van der Waals surface area contributed by atoms with Crippen LogP contribution in [0.4, 0.5) is 5.82 Å². The quantitative estimate of drug-likeness (QED) is 0.862. The van der Waals surface area contributed by atoms with Crippen LogP contribution < -0.4 is 10.6 Å². The first-order chi connectivity index (χ1) is 9.60. The van der Waals surface area contributed by atoms with Gasteiger partial charge < -0.3 is 15.1 Å². The predicted molar refractivity (Wildman–Crippen MR) is 73.3 cm³/mol. The van der Waals surface area contributed by atoms with Crippen LogP contribution >= 0.6 is 0 Å². The zero-order valence-corrected chi connectivity index (χ0v) is 11.7. The minimum Gasteiger partial charge on any atom is -0.444 e. The Morgan fingerprint density at radius 1 is 1.30 bits per heavy atom. The third-order valence-electron chi connectivity index (χ3n) is 2.60. The van der Waals surface area contributed by atoms with Crippen LogP contribution in [0.2, 0.25) is 0 Å². The average Bonchev–Trinajstić information content (AvgIpc) is 2.86. The van der Waals surface area contributed by atoms with Crippen molar-refractivity contribution < 1.29 is 9.21 Å². The van der Waals surface area contributed by atoms with Gasteiger partial charge in [-0.15, -0.1) is 0 Å². The molecular formula is C13H17N5O2. The number of carbonyl (C=O) groups is 1. The summed E-state index contributed by atoms with van der Waals surface area (Å²) in [6.07, 6.45) is 4.57. The molecule has 2 rings (SSSR count). The predicted octanol–water partition coefficient (Wildman–Crippen LogP) is 1.70. The molecule has 1 unspecified atom stereocenters. The summed E-state index contributed by atoms with van der Waals surface area (Å²) in [5, 5.41) is 5.77. The molecule has 2 N–H and O–H groups in total. The standard InChI is InChI=1S/C13H17N5O2/c1-4-14-11-7-15-10(6-16-11)12(19)18-9(3)13-17-5-8(2)20-13/h5-7,9H,4H2,1-3H3,(H,14,16)(H,18,19). The lowest BCUT2D eigenvalue weighted by Gasteiger charge is -2.10. The first-order valence-electron chi connectivity index (χ1n) is 6.39. The number of oxazole rings is 1. The molecule has 2 aromatic rings. The first-order valence-corrected chi connectivity index (χ1v) is 6.39. The summed E-state index contributed by atoms with van der Waals surface area (Å²) < 4.78 is 5.36. The fourth-order valence-corrected chi connectivity index (χ4v) is 1.62. The molecule has 0 fully saturated rings. The molecule has 0 aromatic carbocycles. The van der Waals surface area contributed by atoms with Gasteiger partial charge in [-0.3, -0.25) is 4.79 Å². The van der Waals surface area contributed by atoms with E-state index >= 15 is 0 Å². The topological polar surface area (TPSA) is 92.9 Å². The van der Waals surface area contributed by atoms with Crippen molar-refractivity contribution in [1.29, 1.82) is 0 Å². The molecule has 0 saturated heterocycles. The number of hydrogen-bond donors (Lipinski definition) is 2. The van der Waals surface area contributed by atoms with Gasteiger partial charge in [-0.1, -0.05) is 0 Å². The normalized spacial score (nSPS) is 11.9. The minimum atomic E-state index is -0.327. The van der Waals surface area contributed by atoms with E-state index in [0.29, 0.717) is 17.5 Å². The van der Waals surface area contributed by atoms with E-state index in [2.05, 4.69) is 25.6 Å². The lowest BCUT2D eigenvalue weighted by molar-refractivity contribution is 0.0928. The molecule has 0 aliphatic heterocycles. The van der Waals surface area contributed by atoms with E-state index in [1.54, 1.807) is 20.0 Å². The summed E-state index contributed by atoms with van der Waals surface area (Å²) >= 11 is 0. The Hall–Kier alpha value is -2.44. The van der Waals surface area contributed by atoms with Gasteiger partial charge in [0.05, 0.1) is 18.6 Å². The molecule has 106 valence electrons. The van der Waals surface area contributed by atoms with E-state index in [4.69, 9.17) is 4.42 Å². The van der Waals surface area contributed by atoms with Gasteiger partial charge in [0, 0.05) is 6.54 Å². The number of aryl methyl sites for hydroxylation is 1. The highest BCUT2D eigenvalue weighted by atomic mass is 16.4. The lowest BCUT2D eigenvalue weighted by atomic mass is 10.3. The van der Waals surface area contributed by atoms with Gasteiger partial charge in [-0.05, 0) is 20.8 Å². The Morgan fingerprint density at radius 2 is 2.10 bits per heavy atom. The second-order valence-corrected chi connectivity index (χ2v) is 4.32. The summed E-state index contributed by atoms with van der Waals surface area (Å²) in [5.74, 6) is 1.49. The van der Waals surface area contributed by atoms with Crippen LogP contribution in [0.5, 0.6) is 0 Å². The molecule has 20 heavy (non-hydrogen) atoms. The molecule has 7 nitrogen and oxygen atoms in total. The maximum absolute atomic E-state index is 12.0. The van der Waals surface area contributed by atoms with E-state index in [1.165, 1.54) is 12.4 Å². The van der Waals surface area contributed by atoms with Gasteiger partial charge in [0.15, 0.2) is 0 Å². The number of anilines is 1. The van der Waals surface area contributed by atoms with Crippen LogP contribution in [0.25, 0.3) is 0 Å². The Balaban J connectivity index is 2.00. The molecule has 0 aliphatic rings. The summed E-state index contributed by atoms with van der Waals surface area (Å²) in [7, 11) is 0. The minimum absolute atomic E-state index is 0.252. The van der Waals surface area contributed by atoms with Crippen LogP contribution in [0, 0.1) is 6.92 Å². The Bertz CT molecular complexity index is 579. The Morgan fingerprint density at radius 3 is 2.65 bits per heavy atom. The fraction of sp³-hybridized carbons (Fsp3) is 0.385. The molecular weight excluding hydrogens is 258 g/mol. The highest BCUT2D eigenvalue weighted by Gasteiger charge is 2.16. The van der Waals surface area contributed by atoms with E-state index in [9.17, 15) is 4.79 Å². The van der Waals surface area contributed by atoms with Crippen LogP contribution in [0.1, 0.15) is 42.0 Å². The van der Waals surface area contributed by atoms with E-state index < -0.39 is 0 Å². The number of rotatable bonds is 5. The van der Waals surface area contributed by atoms with Gasteiger partial charge >= 0.3 is 0 Å². The summed E-state index contributed by atoms with van der Waals surface area (Å²) in [5.41, 5.74) is 0.252. The van der Waals surface area contributed by atoms with Crippen molar-refractivity contribution in [2.75, 3.05) is 11.9 Å². The molecule has 0 saturated carbocycles. The number of hydrogen-bond acceptors (Lipinski definition) is 6. The Kier molecular flexibility index (Phi) is 4.29. The first kappa shape index (κ1) is 14.0. The molecule has 1 atom stereocenters. The third-order valence-corrected chi connectivity index (χ3v) is 2.60. The molecule has 7 heteroatoms. The van der Waals surface area contributed by atoms with Crippen molar-refractivity contribution in [3.63, 3.8) is 0 Å². The maximum Gasteiger partial charge on any atom is 0.272 e. The summed E-state index contributed by atoms with van der Waals surface area (Å²) in [6, 6.07) is -0.327. The van der Waals surface area contributed by atoms with Gasteiger partial charge in [0.2, 0.25) is 5.89 Å². The maximum atomic E-state index is 12.0. The number of nitrogens with one attached hydrogen (secondary N) is 2. The smallest absolute Gasteiger partial charge is 0.272 e. The van der Waals surface area contributed by atoms with Gasteiger partial charge in [-0.2, -0.15) is 0 Å². The zero-order chi connectivity index (χ0) is 14.5. The van der Waals surface area contributed by atoms with Crippen LogP contribution in [0.15, 0.2) is 23.0 Å². The fourth-order valence-electron chi connectivity index (χ4n) is 1.62. The molecule has 0 aliphatic carbocycles. The van der Waals surface area contributed by atoms with Crippen LogP contribution in [-0.4, -0.2) is 27.4 Å². The van der Waals surface area contributed by atoms with Crippen molar-refractivity contribution >= 4 is 11.7 Å². The number of nitrogens with zero attached hydrogens (tertiary/aromatic N) is 3. The lowest BCUT2D eigenvalue weighted by Crippen LogP contribution is -2.27. The number of aromatic nitrogens is 3. The Labute approximate surface area is 116 Å². The van der Waals surface area contributed by atoms with E-state index in [1.807, 2.05) is 6.92 Å².